The molecule has 0 bridgehead atoms. The summed E-state index contributed by atoms with van der Waals surface area (Å²) in [6.45, 7) is 0. The topological polar surface area (TPSA) is 216 Å². The van der Waals surface area contributed by atoms with Crippen LogP contribution < -0.4 is 43.8 Å². The van der Waals surface area contributed by atoms with E-state index in [0.29, 0.717) is 29.2 Å². The third-order valence-corrected chi connectivity index (χ3v) is 7.25. The van der Waals surface area contributed by atoms with Gasteiger partial charge in [-0.2, -0.15) is 29.9 Å². The van der Waals surface area contributed by atoms with Crippen LogP contribution in [-0.4, -0.2) is 44.0 Å². The number of anilines is 11. The van der Waals surface area contributed by atoms with Gasteiger partial charge in [0.15, 0.2) is 0 Å². The third kappa shape index (κ3) is 15.5. The summed E-state index contributed by atoms with van der Waals surface area (Å²) in [4.78, 5) is 24.0. The number of halogens is 3. The molecule has 17 heteroatoms. The van der Waals surface area contributed by atoms with E-state index < -0.39 is 0 Å². The summed E-state index contributed by atoms with van der Waals surface area (Å²) >= 11 is 16.0. The number of nitrogens with two attached hydrogens (primary N) is 3. The Morgan fingerprint density at radius 2 is 0.691 bits per heavy atom. The highest BCUT2D eigenvalue weighted by Gasteiger charge is 2.09. The van der Waals surface area contributed by atoms with E-state index in [2.05, 4.69) is 56.5 Å². The fourth-order valence-electron chi connectivity index (χ4n) is 4.27. The third-order valence-electron chi connectivity index (χ3n) is 6.74. The highest BCUT2D eigenvalue weighted by atomic mass is 35.5. The second-order valence-corrected chi connectivity index (χ2v) is 11.9. The number of nitrogen functional groups attached to an aromatic ring is 3. The van der Waals surface area contributed by atoms with Gasteiger partial charge in [0.25, 0.3) is 0 Å². The molecular weight excluding hydrogens is 759 g/mol. The van der Waals surface area contributed by atoms with E-state index in [-0.39, 0.29) is 15.9 Å². The highest BCUT2D eigenvalue weighted by molar-refractivity contribution is 6.33. The number of hydrogen-bond acceptors (Lipinski definition) is 14. The van der Waals surface area contributed by atoms with Gasteiger partial charge in [-0.05, 0) is 114 Å². The Bertz CT molecular complexity index is 2080. The quantitative estimate of drug-likeness (QED) is 0.0673. The number of hydrogen-bond donors (Lipinski definition) is 8. The SMILES string of the molecule is CNc1cccc(Nc2nc(Nc3ccccc3)nc(Nc3cccc(NC)c3)n2)c1.Clc1nc(Cl)nc(Cl)n1.Nc1cccc(N)c1.Nc1ccccc1. The van der Waals surface area contributed by atoms with E-state index in [4.69, 9.17) is 52.0 Å². The van der Waals surface area contributed by atoms with Crippen LogP contribution >= 0.6 is 34.8 Å². The van der Waals surface area contributed by atoms with E-state index in [9.17, 15) is 0 Å². The molecule has 14 nitrogen and oxygen atoms in total. The van der Waals surface area contributed by atoms with Gasteiger partial charge in [-0.25, -0.2) is 0 Å². The monoisotopic (exact) mass is 796 g/mol. The normalized spacial score (nSPS) is 9.76. The minimum absolute atomic E-state index is 0.000000000000000444. The molecule has 0 aliphatic carbocycles. The second-order valence-electron chi connectivity index (χ2n) is 10.9. The molecule has 0 aliphatic heterocycles. The van der Waals surface area contributed by atoms with Crippen molar-refractivity contribution >= 4 is 98.1 Å². The second kappa shape index (κ2) is 21.8. The fourth-order valence-corrected chi connectivity index (χ4v) is 4.88. The molecule has 0 unspecified atom stereocenters. The highest BCUT2D eigenvalue weighted by Crippen LogP contribution is 2.23. The number of nitrogens with zero attached hydrogens (tertiary/aromatic N) is 6. The molecule has 55 heavy (non-hydrogen) atoms. The Morgan fingerprint density at radius 1 is 0.364 bits per heavy atom. The van der Waals surface area contributed by atoms with Crippen LogP contribution in [0, 0.1) is 0 Å². The van der Waals surface area contributed by atoms with Gasteiger partial charge in [-0.1, -0.05) is 54.6 Å². The van der Waals surface area contributed by atoms with Crippen molar-refractivity contribution in [2.24, 2.45) is 0 Å². The maximum absolute atomic E-state index is 5.38. The lowest BCUT2D eigenvalue weighted by Gasteiger charge is -2.12. The molecule has 7 rings (SSSR count). The van der Waals surface area contributed by atoms with E-state index in [1.807, 2.05) is 129 Å². The summed E-state index contributed by atoms with van der Waals surface area (Å²) in [6, 6.07) is 42.2. The molecule has 0 saturated carbocycles. The lowest BCUT2D eigenvalue weighted by molar-refractivity contribution is 1.05. The average molecular weight is 798 g/mol. The maximum Gasteiger partial charge on any atom is 0.233 e. The first kappa shape index (κ1) is 41.2. The van der Waals surface area contributed by atoms with Gasteiger partial charge < -0.3 is 43.8 Å². The van der Waals surface area contributed by atoms with Crippen molar-refractivity contribution in [3.05, 3.63) is 149 Å². The van der Waals surface area contributed by atoms with Crippen LogP contribution in [0.1, 0.15) is 0 Å². The van der Waals surface area contributed by atoms with Crippen molar-refractivity contribution in [2.75, 3.05) is 57.9 Å². The first-order chi connectivity index (χ1) is 26.6. The number of rotatable bonds is 8. The summed E-state index contributed by atoms with van der Waals surface area (Å²) in [5.74, 6) is 1.28. The zero-order chi connectivity index (χ0) is 39.4. The lowest BCUT2D eigenvalue weighted by atomic mass is 10.3. The number of aromatic nitrogens is 6. The molecule has 11 N–H and O–H groups in total. The zero-order valence-corrected chi connectivity index (χ0v) is 32.0. The van der Waals surface area contributed by atoms with Crippen molar-refractivity contribution in [3.63, 3.8) is 0 Å². The Balaban J connectivity index is 0.000000224. The number of benzene rings is 5. The maximum atomic E-state index is 5.38. The van der Waals surface area contributed by atoms with Crippen LogP contribution in [0.25, 0.3) is 0 Å². The largest absolute Gasteiger partial charge is 0.399 e. The molecule has 0 saturated heterocycles. The fraction of sp³-hybridized carbons (Fsp3) is 0.0526. The van der Waals surface area contributed by atoms with Crippen LogP contribution in [0.2, 0.25) is 15.9 Å². The van der Waals surface area contributed by atoms with Crippen molar-refractivity contribution in [1.82, 2.24) is 29.9 Å². The summed E-state index contributed by atoms with van der Waals surface area (Å²) < 4.78 is 0. The summed E-state index contributed by atoms with van der Waals surface area (Å²) in [6.07, 6.45) is 0. The minimum Gasteiger partial charge on any atom is -0.399 e. The molecule has 0 aliphatic rings. The van der Waals surface area contributed by atoms with Gasteiger partial charge in [-0.15, -0.1) is 0 Å². The molecular formula is C38H39Cl3N14. The minimum atomic E-state index is 0.000000000000000444. The average Bonchev–Trinajstić information content (AvgIpc) is 3.16. The van der Waals surface area contributed by atoms with E-state index in [0.717, 1.165) is 34.1 Å². The predicted molar refractivity (Wildman–Crippen MR) is 229 cm³/mol. The first-order valence-electron chi connectivity index (χ1n) is 16.4. The lowest BCUT2D eigenvalue weighted by Crippen LogP contribution is -2.07. The molecule has 0 atom stereocenters. The van der Waals surface area contributed by atoms with Gasteiger partial charge >= 0.3 is 0 Å². The molecule has 282 valence electrons. The Morgan fingerprint density at radius 3 is 1.04 bits per heavy atom. The summed E-state index contributed by atoms with van der Waals surface area (Å²) in [7, 11) is 3.76. The molecule has 2 aromatic heterocycles. The van der Waals surface area contributed by atoms with Crippen molar-refractivity contribution < 1.29 is 0 Å². The van der Waals surface area contributed by atoms with E-state index >= 15 is 0 Å². The summed E-state index contributed by atoms with van der Waals surface area (Å²) in [5.41, 5.74) is 23.0. The van der Waals surface area contributed by atoms with Crippen molar-refractivity contribution in [1.29, 1.82) is 0 Å². The molecule has 0 amide bonds. The van der Waals surface area contributed by atoms with E-state index in [1.165, 1.54) is 0 Å². The number of nitrogens with one attached hydrogen (secondary N) is 5. The molecule has 5 aromatic carbocycles. The Labute approximate surface area is 334 Å². The van der Waals surface area contributed by atoms with Crippen LogP contribution in [0.5, 0.6) is 0 Å². The molecule has 0 spiro atoms. The van der Waals surface area contributed by atoms with Crippen LogP contribution in [0.4, 0.5) is 63.3 Å². The van der Waals surface area contributed by atoms with E-state index in [1.54, 1.807) is 18.2 Å². The van der Waals surface area contributed by atoms with Crippen molar-refractivity contribution in [2.45, 2.75) is 0 Å². The molecule has 2 heterocycles. The molecule has 0 fully saturated rings. The molecule has 0 radical (unpaired) electrons. The Hall–Kier alpha value is -6.61. The number of para-hydroxylation sites is 2. The smallest absolute Gasteiger partial charge is 0.233 e. The van der Waals surface area contributed by atoms with Crippen LogP contribution in [0.3, 0.4) is 0 Å². The van der Waals surface area contributed by atoms with Gasteiger partial charge in [0.1, 0.15) is 0 Å². The summed E-state index contributed by atoms with van der Waals surface area (Å²) in [5, 5.41) is 16.0. The molecule has 7 aromatic rings. The Kier molecular flexibility index (Phi) is 16.3. The van der Waals surface area contributed by atoms with Gasteiger partial charge in [0.2, 0.25) is 33.7 Å². The standard InChI is InChI=1S/C23H24N8.C6H8N2.C6H7N.C3Cl3N3/c1-24-17-10-6-12-19(14-17)27-22-29-21(26-16-8-4-3-5-9-16)30-23(31-22)28-20-13-7-11-18(15-20)25-2;7-5-2-1-3-6(8)4-5;7-6-4-2-1-3-5-6;4-1-7-2(5)9-3(6)8-1/h3-15,24-25H,1-2H3,(H3,26,27,28,29,30,31);1-4H,7-8H2;1-5H,7H2;. The predicted octanol–water partition coefficient (Wildman–Crippen LogP) is 9.14. The zero-order valence-electron chi connectivity index (χ0n) is 29.8. The van der Waals surface area contributed by atoms with Crippen LogP contribution in [-0.2, 0) is 0 Å². The van der Waals surface area contributed by atoms with Gasteiger partial charge in [-0.3, -0.25) is 0 Å². The van der Waals surface area contributed by atoms with Crippen molar-refractivity contribution in [3.8, 4) is 0 Å². The van der Waals surface area contributed by atoms with Crippen LogP contribution in [0.15, 0.2) is 133 Å². The van der Waals surface area contributed by atoms with Gasteiger partial charge in [0.05, 0.1) is 0 Å². The first-order valence-corrected chi connectivity index (χ1v) is 17.5. The van der Waals surface area contributed by atoms with Gasteiger partial charge in [0, 0.05) is 59.6 Å².